The van der Waals surface area contributed by atoms with Gasteiger partial charge in [-0.25, -0.2) is 4.39 Å². The molecule has 0 unspecified atom stereocenters. The topological polar surface area (TPSA) is 32.3 Å². The molecular formula is C16H16ClFN2OS. The van der Waals surface area contributed by atoms with Crippen LogP contribution >= 0.6 is 22.9 Å². The Morgan fingerprint density at radius 2 is 1.95 bits per heavy atom. The van der Waals surface area contributed by atoms with Crippen LogP contribution in [0.25, 0.3) is 0 Å². The summed E-state index contributed by atoms with van der Waals surface area (Å²) in [6.45, 7) is 1.86. The highest BCUT2D eigenvalue weighted by Crippen LogP contribution is 2.30. The van der Waals surface area contributed by atoms with Crippen LogP contribution in [0, 0.1) is 5.82 Å². The second-order valence-electron chi connectivity index (χ2n) is 5.27. The molecule has 1 fully saturated rings. The Labute approximate surface area is 137 Å². The van der Waals surface area contributed by atoms with Crippen molar-refractivity contribution >= 4 is 40.2 Å². The minimum Gasteiger partial charge on any atom is -0.370 e. The van der Waals surface area contributed by atoms with Gasteiger partial charge in [0.15, 0.2) is 0 Å². The summed E-state index contributed by atoms with van der Waals surface area (Å²) in [6.07, 6.45) is 3.45. The molecule has 0 spiro atoms. The van der Waals surface area contributed by atoms with Crippen molar-refractivity contribution in [2.24, 2.45) is 0 Å². The molecule has 3 rings (SSSR count). The first-order valence-electron chi connectivity index (χ1n) is 7.25. The van der Waals surface area contributed by atoms with E-state index >= 15 is 0 Å². The first-order valence-corrected chi connectivity index (χ1v) is 8.44. The molecule has 0 aliphatic carbocycles. The van der Waals surface area contributed by atoms with E-state index in [0.717, 1.165) is 31.6 Å². The fraction of sp³-hybridized carbons (Fsp3) is 0.312. The van der Waals surface area contributed by atoms with Crippen molar-refractivity contribution in [3.8, 4) is 0 Å². The van der Waals surface area contributed by atoms with E-state index in [1.54, 1.807) is 18.2 Å². The fourth-order valence-electron chi connectivity index (χ4n) is 2.64. The maximum absolute atomic E-state index is 13.6. The van der Waals surface area contributed by atoms with Gasteiger partial charge < -0.3 is 10.2 Å². The van der Waals surface area contributed by atoms with E-state index in [1.807, 2.05) is 0 Å². The number of amides is 1. The van der Waals surface area contributed by atoms with Gasteiger partial charge in [0.1, 0.15) is 5.82 Å². The molecule has 116 valence electrons. The van der Waals surface area contributed by atoms with Gasteiger partial charge in [-0.2, -0.15) is 0 Å². The van der Waals surface area contributed by atoms with Gasteiger partial charge in [-0.05, 0) is 49.6 Å². The molecule has 6 heteroatoms. The lowest BCUT2D eigenvalue weighted by molar-refractivity contribution is 0.103. The van der Waals surface area contributed by atoms with Crippen LogP contribution in [0.3, 0.4) is 0 Å². The number of rotatable bonds is 3. The summed E-state index contributed by atoms with van der Waals surface area (Å²) >= 11 is 7.06. The quantitative estimate of drug-likeness (QED) is 0.873. The number of nitrogens with one attached hydrogen (secondary N) is 1. The zero-order chi connectivity index (χ0) is 15.5. The molecule has 22 heavy (non-hydrogen) atoms. The third-order valence-corrected chi connectivity index (χ3v) is 4.93. The Balaban J connectivity index is 1.85. The Kier molecular flexibility index (Phi) is 4.64. The number of hydrogen-bond donors (Lipinski definition) is 1. The smallest absolute Gasteiger partial charge is 0.265 e. The first-order chi connectivity index (χ1) is 10.6. The van der Waals surface area contributed by atoms with Gasteiger partial charge in [0.05, 0.1) is 20.6 Å². The van der Waals surface area contributed by atoms with Gasteiger partial charge in [0.25, 0.3) is 5.91 Å². The second-order valence-corrected chi connectivity index (χ2v) is 6.98. The summed E-state index contributed by atoms with van der Waals surface area (Å²) in [6, 6.07) is 7.89. The minimum atomic E-state index is -0.361. The zero-order valence-corrected chi connectivity index (χ0v) is 13.5. The number of benzene rings is 1. The Bertz CT molecular complexity index is 683. The van der Waals surface area contributed by atoms with Crippen molar-refractivity contribution in [2.45, 2.75) is 19.3 Å². The average molecular weight is 339 g/mol. The number of carbonyl (C=O) groups excluding carboxylic acids is 1. The molecule has 1 saturated heterocycles. The van der Waals surface area contributed by atoms with Gasteiger partial charge in [0, 0.05) is 13.1 Å². The number of carbonyl (C=O) groups is 1. The number of hydrogen-bond acceptors (Lipinski definition) is 3. The van der Waals surface area contributed by atoms with Crippen molar-refractivity contribution in [1.29, 1.82) is 0 Å². The minimum absolute atomic E-state index is 0.263. The van der Waals surface area contributed by atoms with E-state index < -0.39 is 0 Å². The van der Waals surface area contributed by atoms with E-state index in [0.29, 0.717) is 14.9 Å². The second kappa shape index (κ2) is 6.67. The van der Waals surface area contributed by atoms with E-state index in [1.165, 1.54) is 29.9 Å². The molecule has 1 aliphatic rings. The summed E-state index contributed by atoms with van der Waals surface area (Å²) in [4.78, 5) is 15.0. The van der Waals surface area contributed by atoms with Crippen LogP contribution in [-0.2, 0) is 0 Å². The molecule has 0 saturated carbocycles. The summed E-state index contributed by atoms with van der Waals surface area (Å²) in [5.41, 5.74) is 1.38. The van der Waals surface area contributed by atoms with E-state index in [2.05, 4.69) is 10.2 Å². The van der Waals surface area contributed by atoms with Gasteiger partial charge in [-0.3, -0.25) is 4.79 Å². The lowest BCUT2D eigenvalue weighted by Gasteiger charge is -2.30. The molecule has 0 radical (unpaired) electrons. The average Bonchev–Trinajstić information content (AvgIpc) is 2.95. The highest BCUT2D eigenvalue weighted by atomic mass is 35.5. The van der Waals surface area contributed by atoms with Crippen molar-refractivity contribution in [2.75, 3.05) is 23.3 Å². The number of anilines is 2. The van der Waals surface area contributed by atoms with Gasteiger partial charge in [0.2, 0.25) is 0 Å². The lowest BCUT2D eigenvalue weighted by Crippen LogP contribution is -2.30. The summed E-state index contributed by atoms with van der Waals surface area (Å²) in [5.74, 6) is -0.624. The van der Waals surface area contributed by atoms with Crippen molar-refractivity contribution in [3.05, 3.63) is 45.4 Å². The Hall–Kier alpha value is -1.59. The molecule has 1 aliphatic heterocycles. The molecular weight excluding hydrogens is 323 g/mol. The predicted octanol–water partition coefficient (Wildman–Crippen LogP) is 4.78. The van der Waals surface area contributed by atoms with Gasteiger partial charge >= 0.3 is 0 Å². The Morgan fingerprint density at radius 3 is 2.64 bits per heavy atom. The maximum atomic E-state index is 13.6. The third kappa shape index (κ3) is 3.42. The largest absolute Gasteiger partial charge is 0.370 e. The number of thiophene rings is 1. The summed E-state index contributed by atoms with van der Waals surface area (Å²) < 4.78 is 14.1. The van der Waals surface area contributed by atoms with Crippen molar-refractivity contribution < 1.29 is 9.18 Å². The van der Waals surface area contributed by atoms with Crippen LogP contribution < -0.4 is 10.2 Å². The van der Waals surface area contributed by atoms with Crippen LogP contribution in [0.2, 0.25) is 4.34 Å². The van der Waals surface area contributed by atoms with Crippen LogP contribution in [0.15, 0.2) is 30.3 Å². The molecule has 1 amide bonds. The predicted molar refractivity (Wildman–Crippen MR) is 89.7 cm³/mol. The van der Waals surface area contributed by atoms with Gasteiger partial charge in [-0.15, -0.1) is 11.3 Å². The lowest BCUT2D eigenvalue weighted by atomic mass is 10.1. The number of halogens is 2. The number of piperidine rings is 1. The molecule has 0 atom stereocenters. The maximum Gasteiger partial charge on any atom is 0.265 e. The van der Waals surface area contributed by atoms with Crippen LogP contribution in [0.1, 0.15) is 28.9 Å². The fourth-order valence-corrected chi connectivity index (χ4v) is 3.58. The SMILES string of the molecule is O=C(Nc1cc(F)ccc1N1CCCCC1)c1ccc(Cl)s1. The highest BCUT2D eigenvalue weighted by molar-refractivity contribution is 7.18. The van der Waals surface area contributed by atoms with E-state index in [-0.39, 0.29) is 11.7 Å². The monoisotopic (exact) mass is 338 g/mol. The van der Waals surface area contributed by atoms with Crippen molar-refractivity contribution in [1.82, 2.24) is 0 Å². The molecule has 1 aromatic carbocycles. The highest BCUT2D eigenvalue weighted by Gasteiger charge is 2.17. The molecule has 3 nitrogen and oxygen atoms in total. The van der Waals surface area contributed by atoms with E-state index in [9.17, 15) is 9.18 Å². The molecule has 1 aromatic heterocycles. The zero-order valence-electron chi connectivity index (χ0n) is 11.9. The molecule has 2 heterocycles. The van der Waals surface area contributed by atoms with E-state index in [4.69, 9.17) is 11.6 Å². The third-order valence-electron chi connectivity index (χ3n) is 3.70. The molecule has 2 aromatic rings. The summed E-state index contributed by atoms with van der Waals surface area (Å²) in [5, 5.41) is 2.81. The molecule has 1 N–H and O–H groups in total. The standard InChI is InChI=1S/C16H16ClFN2OS/c17-15-7-6-14(22-15)16(21)19-12-10-11(18)4-5-13(12)20-8-2-1-3-9-20/h4-7,10H,1-3,8-9H2,(H,19,21). The van der Waals surface area contributed by atoms with Crippen LogP contribution in [-0.4, -0.2) is 19.0 Å². The Morgan fingerprint density at radius 1 is 1.18 bits per heavy atom. The van der Waals surface area contributed by atoms with Gasteiger partial charge in [-0.1, -0.05) is 11.6 Å². The summed E-state index contributed by atoms with van der Waals surface area (Å²) in [7, 11) is 0. The van der Waals surface area contributed by atoms with Crippen molar-refractivity contribution in [3.63, 3.8) is 0 Å². The number of nitrogens with zero attached hydrogens (tertiary/aromatic N) is 1. The van der Waals surface area contributed by atoms with Crippen LogP contribution in [0.4, 0.5) is 15.8 Å². The van der Waals surface area contributed by atoms with Crippen LogP contribution in [0.5, 0.6) is 0 Å². The first kappa shape index (κ1) is 15.3. The molecule has 0 bridgehead atoms. The normalized spacial score (nSPS) is 14.9.